The van der Waals surface area contributed by atoms with Gasteiger partial charge in [-0.15, -0.1) is 0 Å². The van der Waals surface area contributed by atoms with Crippen LogP contribution in [0.5, 0.6) is 0 Å². The maximum absolute atomic E-state index is 12.3. The van der Waals surface area contributed by atoms with E-state index < -0.39 is 5.97 Å². The lowest BCUT2D eigenvalue weighted by Gasteiger charge is -2.08. The van der Waals surface area contributed by atoms with Crippen LogP contribution in [0.3, 0.4) is 0 Å². The molecule has 2 aromatic carbocycles. The van der Waals surface area contributed by atoms with Gasteiger partial charge >= 0.3 is 5.97 Å². The third-order valence-corrected chi connectivity index (χ3v) is 4.96. The number of nitrogens with one attached hydrogen (secondary N) is 1. The largest absolute Gasteiger partial charge is 0.465 e. The molecule has 8 heteroatoms. The highest BCUT2D eigenvalue weighted by atomic mass is 32.2. The number of rotatable bonds is 5. The summed E-state index contributed by atoms with van der Waals surface area (Å²) in [6.07, 6.45) is 0. The molecule has 0 spiro atoms. The first-order chi connectivity index (χ1) is 13.5. The number of H-pyrrole nitrogens is 1. The van der Waals surface area contributed by atoms with Gasteiger partial charge in [-0.25, -0.2) is 9.78 Å². The zero-order chi connectivity index (χ0) is 20.1. The number of carbonyl (C=O) groups excluding carboxylic acids is 1. The van der Waals surface area contributed by atoms with Crippen molar-refractivity contribution >= 4 is 33.8 Å². The van der Waals surface area contributed by atoms with E-state index in [1.807, 2.05) is 37.3 Å². The number of nitrogens with two attached hydrogens (primary N) is 1. The molecule has 3 N–H and O–H groups in total. The molecule has 3 rings (SSSR count). The Morgan fingerprint density at radius 3 is 2.75 bits per heavy atom. The summed E-state index contributed by atoms with van der Waals surface area (Å²) in [5, 5.41) is 0.808. The number of fused-ring (bicyclic) bond motifs is 1. The van der Waals surface area contributed by atoms with Crippen LogP contribution in [-0.2, 0) is 10.5 Å². The summed E-state index contributed by atoms with van der Waals surface area (Å²) in [5.74, 6) is 0.325. The highest BCUT2D eigenvalue weighted by Crippen LogP contribution is 2.19. The van der Waals surface area contributed by atoms with Gasteiger partial charge in [-0.05, 0) is 30.7 Å². The Morgan fingerprint density at radius 2 is 2.04 bits per heavy atom. The van der Waals surface area contributed by atoms with Gasteiger partial charge in [0.2, 0.25) is 0 Å². The van der Waals surface area contributed by atoms with Gasteiger partial charge in [0.15, 0.2) is 5.17 Å². The minimum absolute atomic E-state index is 0.0695. The maximum atomic E-state index is 12.3. The minimum Gasteiger partial charge on any atom is -0.465 e. The second-order valence-corrected chi connectivity index (χ2v) is 7.07. The first-order valence-electron chi connectivity index (χ1n) is 8.60. The average molecular weight is 396 g/mol. The molecule has 0 unspecified atom stereocenters. The van der Waals surface area contributed by atoms with Crippen LogP contribution >= 0.6 is 11.8 Å². The van der Waals surface area contributed by atoms with Crippen molar-refractivity contribution in [2.45, 2.75) is 18.7 Å². The lowest BCUT2D eigenvalue weighted by atomic mass is 10.1. The predicted octanol–water partition coefficient (Wildman–Crippen LogP) is 3.02. The van der Waals surface area contributed by atoms with Crippen molar-refractivity contribution in [3.63, 3.8) is 0 Å². The van der Waals surface area contributed by atoms with E-state index >= 15 is 0 Å². The van der Waals surface area contributed by atoms with E-state index in [0.717, 1.165) is 5.56 Å². The molecular formula is C20H20N4O3S. The second-order valence-electron chi connectivity index (χ2n) is 6.08. The monoisotopic (exact) mass is 396 g/mol. The minimum atomic E-state index is -0.480. The molecule has 0 bridgehead atoms. The van der Waals surface area contributed by atoms with Gasteiger partial charge in [0.05, 0.1) is 35.4 Å². The van der Waals surface area contributed by atoms with Crippen LogP contribution in [0.4, 0.5) is 0 Å². The van der Waals surface area contributed by atoms with Gasteiger partial charge in [0, 0.05) is 0 Å². The number of aliphatic imine (C=N–C) groups is 1. The van der Waals surface area contributed by atoms with Crippen molar-refractivity contribution in [1.82, 2.24) is 9.97 Å². The third-order valence-electron chi connectivity index (χ3n) is 4.14. The van der Waals surface area contributed by atoms with Crippen molar-refractivity contribution in [2.75, 3.05) is 7.11 Å². The Bertz CT molecular complexity index is 1080. The number of aromatic nitrogens is 2. The van der Waals surface area contributed by atoms with Gasteiger partial charge in [-0.2, -0.15) is 0 Å². The number of thioether (sulfide) groups is 1. The highest BCUT2D eigenvalue weighted by molar-refractivity contribution is 8.13. The number of ether oxygens (including phenoxy) is 1. The molecule has 0 aliphatic heterocycles. The van der Waals surface area contributed by atoms with E-state index in [9.17, 15) is 9.59 Å². The van der Waals surface area contributed by atoms with E-state index in [1.165, 1.54) is 24.9 Å². The van der Waals surface area contributed by atoms with Gasteiger partial charge in [-0.3, -0.25) is 9.79 Å². The van der Waals surface area contributed by atoms with Crippen LogP contribution in [0.25, 0.3) is 10.9 Å². The van der Waals surface area contributed by atoms with Crippen LogP contribution in [0, 0.1) is 0 Å². The molecule has 0 aliphatic rings. The second kappa shape index (κ2) is 8.71. The number of hydrogen-bond acceptors (Lipinski definition) is 6. The molecule has 0 saturated heterocycles. The van der Waals surface area contributed by atoms with Crippen molar-refractivity contribution < 1.29 is 9.53 Å². The molecule has 144 valence electrons. The number of aromatic amines is 1. The van der Waals surface area contributed by atoms with Gasteiger partial charge in [0.25, 0.3) is 5.56 Å². The zero-order valence-corrected chi connectivity index (χ0v) is 16.3. The highest BCUT2D eigenvalue weighted by Gasteiger charge is 2.11. The van der Waals surface area contributed by atoms with Gasteiger partial charge < -0.3 is 15.5 Å². The summed E-state index contributed by atoms with van der Waals surface area (Å²) in [4.78, 5) is 35.6. The molecule has 0 radical (unpaired) electrons. The van der Waals surface area contributed by atoms with Crippen molar-refractivity contribution in [2.24, 2.45) is 10.7 Å². The Morgan fingerprint density at radius 1 is 1.29 bits per heavy atom. The van der Waals surface area contributed by atoms with Crippen LogP contribution in [0.15, 0.2) is 58.3 Å². The van der Waals surface area contributed by atoms with E-state index in [0.29, 0.717) is 33.2 Å². The predicted molar refractivity (Wildman–Crippen MR) is 111 cm³/mol. The third kappa shape index (κ3) is 4.58. The number of nitrogens with zero attached hydrogens (tertiary/aromatic N) is 2. The normalized spacial score (nSPS) is 12.7. The first-order valence-corrected chi connectivity index (χ1v) is 9.59. The van der Waals surface area contributed by atoms with Crippen LogP contribution in [-0.4, -0.2) is 28.2 Å². The van der Waals surface area contributed by atoms with Crippen molar-refractivity contribution in [3.05, 3.63) is 75.8 Å². The maximum Gasteiger partial charge on any atom is 0.337 e. The van der Waals surface area contributed by atoms with E-state index in [4.69, 9.17) is 10.5 Å². The molecule has 3 aromatic rings. The Hall–Kier alpha value is -3.13. The van der Waals surface area contributed by atoms with Crippen LogP contribution in [0.1, 0.15) is 34.7 Å². The fourth-order valence-electron chi connectivity index (χ4n) is 2.68. The first kappa shape index (κ1) is 19.6. The number of carbonyl (C=O) groups is 1. The molecule has 1 atom stereocenters. The quantitative estimate of drug-likeness (QED) is 0.390. The van der Waals surface area contributed by atoms with E-state index in [-0.39, 0.29) is 11.6 Å². The lowest BCUT2D eigenvalue weighted by Crippen LogP contribution is -2.14. The fraction of sp³-hybridized carbons (Fsp3) is 0.200. The summed E-state index contributed by atoms with van der Waals surface area (Å²) < 4.78 is 4.71. The number of methoxy groups -OCH3 is 1. The number of benzene rings is 2. The molecule has 1 aromatic heterocycles. The topological polar surface area (TPSA) is 110 Å². The SMILES string of the molecule is COC(=O)c1ccc2c(=O)[nH]c(CSC(N)=N[C@@H](C)c3ccccc3)nc2c1. The van der Waals surface area contributed by atoms with Crippen LogP contribution < -0.4 is 11.3 Å². The molecule has 1 heterocycles. The zero-order valence-electron chi connectivity index (χ0n) is 15.5. The van der Waals surface area contributed by atoms with Crippen molar-refractivity contribution in [1.29, 1.82) is 0 Å². The average Bonchev–Trinajstić information content (AvgIpc) is 2.71. The molecule has 28 heavy (non-hydrogen) atoms. The Kier molecular flexibility index (Phi) is 6.10. The summed E-state index contributed by atoms with van der Waals surface area (Å²) >= 11 is 1.29. The number of amidine groups is 1. The van der Waals surface area contributed by atoms with Crippen molar-refractivity contribution in [3.8, 4) is 0 Å². The Balaban J connectivity index is 1.77. The molecule has 0 amide bonds. The molecule has 0 fully saturated rings. The van der Waals surface area contributed by atoms with Crippen LogP contribution in [0.2, 0.25) is 0 Å². The van der Waals surface area contributed by atoms with E-state index in [2.05, 4.69) is 15.0 Å². The molecule has 0 aliphatic carbocycles. The summed E-state index contributed by atoms with van der Waals surface area (Å²) in [6, 6.07) is 14.4. The summed E-state index contributed by atoms with van der Waals surface area (Å²) in [5.41, 5.74) is 7.58. The standard InChI is InChI=1S/C20H20N4O3S/c1-12(13-6-4-3-5-7-13)22-20(21)28-11-17-23-16-10-14(19(26)27-2)8-9-15(16)18(25)24-17/h3-10,12H,11H2,1-2H3,(H2,21,22)(H,23,24,25)/t12-/m0/s1. The molecule has 7 nitrogen and oxygen atoms in total. The van der Waals surface area contributed by atoms with E-state index in [1.54, 1.807) is 12.1 Å². The molecule has 0 saturated carbocycles. The Labute approximate surface area is 166 Å². The van der Waals surface area contributed by atoms with Gasteiger partial charge in [0.1, 0.15) is 5.82 Å². The number of esters is 1. The number of hydrogen-bond donors (Lipinski definition) is 2. The fourth-order valence-corrected chi connectivity index (χ4v) is 3.33. The smallest absolute Gasteiger partial charge is 0.337 e. The summed E-state index contributed by atoms with van der Waals surface area (Å²) in [6.45, 7) is 1.97. The summed E-state index contributed by atoms with van der Waals surface area (Å²) in [7, 11) is 1.30. The lowest BCUT2D eigenvalue weighted by molar-refractivity contribution is 0.0601. The van der Waals surface area contributed by atoms with Gasteiger partial charge in [-0.1, -0.05) is 42.1 Å². The molecular weight excluding hydrogens is 376 g/mol.